The van der Waals surface area contributed by atoms with Gasteiger partial charge in [0.2, 0.25) is 0 Å². The maximum Gasteiger partial charge on any atom is 0.425 e. The van der Waals surface area contributed by atoms with E-state index in [1.54, 1.807) is 27.7 Å². The summed E-state index contributed by atoms with van der Waals surface area (Å²) in [6, 6.07) is 15.3. The molecule has 0 saturated heterocycles. The summed E-state index contributed by atoms with van der Waals surface area (Å²) in [6.07, 6.45) is -4.10. The Balaban J connectivity index is 0.000000551. The third kappa shape index (κ3) is 12.8. The summed E-state index contributed by atoms with van der Waals surface area (Å²) in [6.45, 7) is 13.9. The minimum atomic E-state index is -4.49. The van der Waals surface area contributed by atoms with E-state index in [-0.39, 0.29) is 25.1 Å². The summed E-state index contributed by atoms with van der Waals surface area (Å²) in [5, 5.41) is 11.0. The van der Waals surface area contributed by atoms with E-state index in [9.17, 15) is 22.8 Å². The highest BCUT2D eigenvalue weighted by molar-refractivity contribution is 5.83. The molecule has 0 aliphatic heterocycles. The normalized spacial score (nSPS) is 13.7. The Morgan fingerprint density at radius 3 is 1.97 bits per heavy atom. The van der Waals surface area contributed by atoms with Crippen LogP contribution in [0.5, 0.6) is 0 Å². The quantitative estimate of drug-likeness (QED) is 0.327. The van der Waals surface area contributed by atoms with Gasteiger partial charge in [-0.15, -0.1) is 0 Å². The Labute approximate surface area is 225 Å². The van der Waals surface area contributed by atoms with E-state index >= 15 is 0 Å². The molecule has 2 aromatic rings. The third-order valence-electron chi connectivity index (χ3n) is 6.49. The molecule has 3 atom stereocenters. The lowest BCUT2D eigenvalue weighted by Gasteiger charge is -2.24. The first-order valence-corrected chi connectivity index (χ1v) is 13.2. The highest BCUT2D eigenvalue weighted by Gasteiger charge is 2.41. The molecule has 38 heavy (non-hydrogen) atoms. The summed E-state index contributed by atoms with van der Waals surface area (Å²) in [5.41, 5.74) is 0.589. The smallest absolute Gasteiger partial charge is 0.425 e. The summed E-state index contributed by atoms with van der Waals surface area (Å²) in [4.78, 5) is 22.0. The van der Waals surface area contributed by atoms with Gasteiger partial charge in [-0.1, -0.05) is 77.1 Å². The predicted molar refractivity (Wildman–Crippen MR) is 146 cm³/mol. The standard InChI is InChI=1S/C14H16.C9H15F3O2.C7H14O3/c1-3-11(2)13-9-8-12-6-4-5-7-14(12)10-13;1-5-8(3,4)7(13)14-6(2)9(10,11)12;1-3-6(2)7(9)10-5-4-8/h4-11H,3H2,1-2H3;6H,5H2,1-4H3;6,8H,3-5H2,1-2H3. The fraction of sp³-hybridized carbons (Fsp3) is 0.600. The van der Waals surface area contributed by atoms with E-state index in [2.05, 4.69) is 65.8 Å². The van der Waals surface area contributed by atoms with Gasteiger partial charge in [-0.05, 0) is 62.3 Å². The Bertz CT molecular complexity index is 972. The lowest BCUT2D eigenvalue weighted by atomic mass is 9.90. The van der Waals surface area contributed by atoms with Crippen molar-refractivity contribution < 1.29 is 37.3 Å². The van der Waals surface area contributed by atoms with Crippen molar-refractivity contribution >= 4 is 22.7 Å². The van der Waals surface area contributed by atoms with Gasteiger partial charge in [-0.25, -0.2) is 0 Å². The topological polar surface area (TPSA) is 72.8 Å². The zero-order valence-corrected chi connectivity index (χ0v) is 24.0. The Hall–Kier alpha value is -2.61. The van der Waals surface area contributed by atoms with E-state index in [1.807, 2.05) is 6.92 Å². The summed E-state index contributed by atoms with van der Waals surface area (Å²) in [7, 11) is 0. The third-order valence-corrected chi connectivity index (χ3v) is 6.49. The summed E-state index contributed by atoms with van der Waals surface area (Å²) >= 11 is 0. The maximum atomic E-state index is 12.0. The van der Waals surface area contributed by atoms with Gasteiger partial charge in [0.1, 0.15) is 6.61 Å². The minimum absolute atomic E-state index is 0.0495. The molecule has 5 nitrogen and oxygen atoms in total. The van der Waals surface area contributed by atoms with E-state index in [4.69, 9.17) is 5.11 Å². The molecule has 0 aliphatic rings. The molecule has 0 aromatic heterocycles. The molecule has 0 heterocycles. The van der Waals surface area contributed by atoms with Gasteiger partial charge in [-0.3, -0.25) is 9.59 Å². The Morgan fingerprint density at radius 2 is 1.50 bits per heavy atom. The van der Waals surface area contributed by atoms with Crippen LogP contribution in [0.3, 0.4) is 0 Å². The average Bonchev–Trinajstić information content (AvgIpc) is 2.90. The van der Waals surface area contributed by atoms with Gasteiger partial charge in [0.05, 0.1) is 17.9 Å². The fourth-order valence-corrected chi connectivity index (χ4v) is 2.74. The van der Waals surface area contributed by atoms with Crippen LogP contribution in [0, 0.1) is 11.3 Å². The molecule has 2 aromatic carbocycles. The van der Waals surface area contributed by atoms with Crippen LogP contribution < -0.4 is 0 Å². The minimum Gasteiger partial charge on any atom is -0.463 e. The van der Waals surface area contributed by atoms with Crippen molar-refractivity contribution in [3.05, 3.63) is 48.0 Å². The molecule has 8 heteroatoms. The zero-order valence-electron chi connectivity index (χ0n) is 24.0. The SMILES string of the molecule is CCC(C)(C)C(=O)OC(C)C(F)(F)F.CCC(C)C(=O)OCCO.CCC(C)c1ccc2ccccc2c1. The number of esters is 2. The molecule has 2 rings (SSSR count). The molecule has 3 unspecified atom stereocenters. The number of rotatable bonds is 9. The molecule has 0 spiro atoms. The molecular weight excluding hydrogens is 497 g/mol. The van der Waals surface area contributed by atoms with E-state index in [0.29, 0.717) is 12.3 Å². The molecule has 0 fully saturated rings. The van der Waals surface area contributed by atoms with Gasteiger partial charge >= 0.3 is 18.1 Å². The van der Waals surface area contributed by atoms with Crippen LogP contribution in [0.4, 0.5) is 13.2 Å². The maximum absolute atomic E-state index is 12.0. The van der Waals surface area contributed by atoms with Crippen molar-refractivity contribution in [3.63, 3.8) is 0 Å². The first-order valence-electron chi connectivity index (χ1n) is 13.2. The number of aliphatic hydroxyl groups is 1. The molecule has 0 amide bonds. The van der Waals surface area contributed by atoms with Gasteiger partial charge in [0.25, 0.3) is 0 Å². The lowest BCUT2D eigenvalue weighted by Crippen LogP contribution is -2.36. The average molecular weight is 543 g/mol. The Morgan fingerprint density at radius 1 is 0.921 bits per heavy atom. The van der Waals surface area contributed by atoms with Crippen molar-refractivity contribution in [3.8, 4) is 0 Å². The van der Waals surface area contributed by atoms with Crippen LogP contribution in [0.15, 0.2) is 42.5 Å². The molecule has 0 radical (unpaired) electrons. The number of aliphatic hydroxyl groups excluding tert-OH is 1. The number of ether oxygens (including phenoxy) is 2. The first kappa shape index (κ1) is 35.4. The highest BCUT2D eigenvalue weighted by Crippen LogP contribution is 2.27. The molecule has 0 bridgehead atoms. The second-order valence-corrected chi connectivity index (χ2v) is 9.94. The number of alkyl halides is 3. The van der Waals surface area contributed by atoms with Crippen LogP contribution in [-0.2, 0) is 19.1 Å². The van der Waals surface area contributed by atoms with Crippen molar-refractivity contribution in [2.75, 3.05) is 13.2 Å². The highest BCUT2D eigenvalue weighted by atomic mass is 19.4. The van der Waals surface area contributed by atoms with Crippen molar-refractivity contribution in [1.82, 2.24) is 0 Å². The molecule has 0 aliphatic carbocycles. The van der Waals surface area contributed by atoms with Gasteiger partial charge in [0.15, 0.2) is 6.10 Å². The van der Waals surface area contributed by atoms with Gasteiger partial charge in [-0.2, -0.15) is 13.2 Å². The fourth-order valence-electron chi connectivity index (χ4n) is 2.74. The molecule has 1 N–H and O–H groups in total. The molecule has 0 saturated carbocycles. The molecular formula is C30H45F3O5. The van der Waals surface area contributed by atoms with Crippen LogP contribution in [0.25, 0.3) is 10.8 Å². The zero-order chi connectivity index (χ0) is 29.5. The second kappa shape index (κ2) is 17.1. The number of carbonyl (C=O) groups excluding carboxylic acids is 2. The number of carbonyl (C=O) groups is 2. The Kier molecular flexibility index (Phi) is 15.9. The number of fused-ring (bicyclic) bond motifs is 1. The van der Waals surface area contributed by atoms with Crippen LogP contribution in [0.2, 0.25) is 0 Å². The number of hydrogen-bond acceptors (Lipinski definition) is 5. The second-order valence-electron chi connectivity index (χ2n) is 9.94. The van der Waals surface area contributed by atoms with E-state index < -0.39 is 23.7 Å². The van der Waals surface area contributed by atoms with Gasteiger partial charge < -0.3 is 14.6 Å². The van der Waals surface area contributed by atoms with E-state index in [1.165, 1.54) is 22.8 Å². The number of hydrogen-bond donors (Lipinski definition) is 1. The van der Waals surface area contributed by atoms with Crippen molar-refractivity contribution in [2.24, 2.45) is 11.3 Å². The van der Waals surface area contributed by atoms with Crippen LogP contribution in [-0.4, -0.2) is 42.5 Å². The summed E-state index contributed by atoms with van der Waals surface area (Å²) in [5.74, 6) is -0.424. The van der Waals surface area contributed by atoms with Crippen molar-refractivity contribution in [2.45, 2.75) is 92.9 Å². The van der Waals surface area contributed by atoms with Crippen LogP contribution >= 0.6 is 0 Å². The monoisotopic (exact) mass is 542 g/mol. The predicted octanol–water partition coefficient (Wildman–Crippen LogP) is 7.84. The van der Waals surface area contributed by atoms with Crippen molar-refractivity contribution in [1.29, 1.82) is 0 Å². The lowest BCUT2D eigenvalue weighted by molar-refractivity contribution is -0.221. The van der Waals surface area contributed by atoms with Gasteiger partial charge in [0, 0.05) is 0 Å². The number of benzene rings is 2. The van der Waals surface area contributed by atoms with Crippen LogP contribution in [0.1, 0.15) is 86.1 Å². The largest absolute Gasteiger partial charge is 0.463 e. The first-order chi connectivity index (χ1) is 17.6. The summed E-state index contributed by atoms with van der Waals surface area (Å²) < 4.78 is 45.0. The molecule has 216 valence electrons. The van der Waals surface area contributed by atoms with E-state index in [0.717, 1.165) is 13.3 Å². The number of halogens is 3.